The first-order chi connectivity index (χ1) is 9.35. The molecular weight excluding hydrogens is 234 g/mol. The van der Waals surface area contributed by atoms with Gasteiger partial charge in [-0.25, -0.2) is 0 Å². The highest BCUT2D eigenvalue weighted by atomic mass is 16.3. The summed E-state index contributed by atoms with van der Waals surface area (Å²) in [6.07, 6.45) is 0.928. The molecule has 0 aliphatic heterocycles. The zero-order chi connectivity index (χ0) is 13.2. The largest absolute Gasteiger partial charge is 0.395 e. The second-order valence-electron chi connectivity index (χ2n) is 5.06. The molecule has 98 valence electrons. The van der Waals surface area contributed by atoms with Crippen LogP contribution in [0.15, 0.2) is 48.5 Å². The van der Waals surface area contributed by atoms with Gasteiger partial charge >= 0.3 is 0 Å². The second kappa shape index (κ2) is 5.16. The third kappa shape index (κ3) is 2.07. The van der Waals surface area contributed by atoms with Crippen molar-refractivity contribution in [2.24, 2.45) is 0 Å². The average Bonchev–Trinajstić information content (AvgIpc) is 2.79. The minimum absolute atomic E-state index is 0.143. The molecule has 0 aromatic heterocycles. The maximum absolute atomic E-state index is 9.42. The van der Waals surface area contributed by atoms with Crippen molar-refractivity contribution in [1.29, 1.82) is 0 Å². The van der Waals surface area contributed by atoms with Gasteiger partial charge in [0.15, 0.2) is 0 Å². The molecule has 1 atom stereocenters. The van der Waals surface area contributed by atoms with Gasteiger partial charge in [-0.2, -0.15) is 0 Å². The smallest absolute Gasteiger partial charge is 0.0591 e. The van der Waals surface area contributed by atoms with Gasteiger partial charge in [-0.3, -0.25) is 0 Å². The summed E-state index contributed by atoms with van der Waals surface area (Å²) in [5.41, 5.74) is 5.25. The summed E-state index contributed by atoms with van der Waals surface area (Å²) in [5, 5.41) is 13.0. The summed E-state index contributed by atoms with van der Waals surface area (Å²) in [7, 11) is 0. The van der Waals surface area contributed by atoms with Crippen molar-refractivity contribution in [2.45, 2.75) is 25.4 Å². The minimum atomic E-state index is 0.143. The number of hydrogen-bond donors (Lipinski definition) is 2. The van der Waals surface area contributed by atoms with Gasteiger partial charge in [0, 0.05) is 6.04 Å². The summed E-state index contributed by atoms with van der Waals surface area (Å²) in [6, 6.07) is 17.4. The van der Waals surface area contributed by atoms with Gasteiger partial charge in [-0.1, -0.05) is 55.5 Å². The van der Waals surface area contributed by atoms with E-state index in [0.717, 1.165) is 6.42 Å². The Hall–Kier alpha value is -1.64. The molecule has 2 aromatic rings. The van der Waals surface area contributed by atoms with Crippen molar-refractivity contribution in [3.63, 3.8) is 0 Å². The number of benzene rings is 2. The highest BCUT2D eigenvalue weighted by Gasteiger charge is 2.28. The Bertz CT molecular complexity index is 529. The predicted molar refractivity (Wildman–Crippen MR) is 78.0 cm³/mol. The Morgan fingerprint density at radius 3 is 2.00 bits per heavy atom. The molecule has 2 nitrogen and oxygen atoms in total. The zero-order valence-electron chi connectivity index (χ0n) is 11.1. The van der Waals surface area contributed by atoms with Crippen LogP contribution in [0, 0.1) is 0 Å². The molecule has 0 bridgehead atoms. The third-order valence-corrected chi connectivity index (χ3v) is 3.95. The molecule has 19 heavy (non-hydrogen) atoms. The van der Waals surface area contributed by atoms with E-state index in [1.807, 2.05) is 0 Å². The van der Waals surface area contributed by atoms with Gasteiger partial charge < -0.3 is 10.4 Å². The quantitative estimate of drug-likeness (QED) is 0.877. The molecule has 0 spiro atoms. The molecule has 0 saturated heterocycles. The van der Waals surface area contributed by atoms with E-state index in [9.17, 15) is 5.11 Å². The lowest BCUT2D eigenvalue weighted by atomic mass is 10.0. The summed E-state index contributed by atoms with van der Waals surface area (Å²) >= 11 is 0. The lowest BCUT2D eigenvalue weighted by molar-refractivity contribution is 0.233. The average molecular weight is 253 g/mol. The van der Waals surface area contributed by atoms with Crippen LogP contribution in [0.2, 0.25) is 0 Å². The van der Waals surface area contributed by atoms with Crippen LogP contribution in [0.3, 0.4) is 0 Å². The van der Waals surface area contributed by atoms with E-state index in [0.29, 0.717) is 0 Å². The van der Waals surface area contributed by atoms with Crippen molar-refractivity contribution in [3.8, 4) is 11.1 Å². The molecule has 0 fully saturated rings. The summed E-state index contributed by atoms with van der Waals surface area (Å²) in [4.78, 5) is 0. The number of hydrogen-bond acceptors (Lipinski definition) is 2. The van der Waals surface area contributed by atoms with Crippen LogP contribution in [0.25, 0.3) is 11.1 Å². The molecule has 2 aromatic carbocycles. The Balaban J connectivity index is 2.04. The predicted octanol–water partition coefficient (Wildman–Crippen LogP) is 3.12. The highest BCUT2D eigenvalue weighted by molar-refractivity contribution is 5.78. The molecule has 2 N–H and O–H groups in total. The fourth-order valence-electron chi connectivity index (χ4n) is 2.87. The lowest BCUT2D eigenvalue weighted by Gasteiger charge is -2.22. The molecule has 3 rings (SSSR count). The van der Waals surface area contributed by atoms with Gasteiger partial charge in [0.2, 0.25) is 0 Å². The van der Waals surface area contributed by atoms with Gasteiger partial charge in [-0.05, 0) is 28.7 Å². The minimum Gasteiger partial charge on any atom is -0.395 e. The van der Waals surface area contributed by atoms with Crippen molar-refractivity contribution >= 4 is 0 Å². The number of aliphatic hydroxyl groups is 1. The van der Waals surface area contributed by atoms with E-state index >= 15 is 0 Å². The Morgan fingerprint density at radius 1 is 1.00 bits per heavy atom. The topological polar surface area (TPSA) is 32.3 Å². The maximum atomic E-state index is 9.42. The van der Waals surface area contributed by atoms with Crippen LogP contribution in [-0.2, 0) is 0 Å². The standard InChI is InChI=1S/C17H19NO/c1-2-12(11-19)18-17-15-9-5-3-7-13(15)14-8-4-6-10-16(14)17/h3-10,12,17-19H,2,11H2,1H3/t12-/m0/s1. The monoisotopic (exact) mass is 253 g/mol. The van der Waals surface area contributed by atoms with Crippen molar-refractivity contribution in [3.05, 3.63) is 59.7 Å². The van der Waals surface area contributed by atoms with Crippen LogP contribution in [-0.4, -0.2) is 17.8 Å². The SMILES string of the molecule is CC[C@@H](CO)NC1c2ccccc2-c2ccccc21. The van der Waals surface area contributed by atoms with Crippen LogP contribution < -0.4 is 5.32 Å². The number of fused-ring (bicyclic) bond motifs is 3. The van der Waals surface area contributed by atoms with Crippen molar-refractivity contribution < 1.29 is 5.11 Å². The first-order valence-electron chi connectivity index (χ1n) is 6.90. The molecule has 0 amide bonds. The summed E-state index contributed by atoms with van der Waals surface area (Å²) < 4.78 is 0. The molecule has 0 radical (unpaired) electrons. The lowest BCUT2D eigenvalue weighted by Crippen LogP contribution is -2.34. The molecule has 0 saturated carbocycles. The normalized spacial score (nSPS) is 15.1. The van der Waals surface area contributed by atoms with E-state index in [2.05, 4.69) is 60.8 Å². The number of rotatable bonds is 4. The highest BCUT2D eigenvalue weighted by Crippen LogP contribution is 2.43. The fourth-order valence-corrected chi connectivity index (χ4v) is 2.87. The fraction of sp³-hybridized carbons (Fsp3) is 0.294. The van der Waals surface area contributed by atoms with E-state index in [-0.39, 0.29) is 18.7 Å². The Morgan fingerprint density at radius 2 is 1.53 bits per heavy atom. The van der Waals surface area contributed by atoms with E-state index in [1.54, 1.807) is 0 Å². The first kappa shape index (κ1) is 12.4. The van der Waals surface area contributed by atoms with Gasteiger partial charge in [0.1, 0.15) is 0 Å². The van der Waals surface area contributed by atoms with Crippen molar-refractivity contribution in [1.82, 2.24) is 5.32 Å². The van der Waals surface area contributed by atoms with E-state index in [1.165, 1.54) is 22.3 Å². The van der Waals surface area contributed by atoms with Crippen LogP contribution in [0.4, 0.5) is 0 Å². The number of aliphatic hydroxyl groups excluding tert-OH is 1. The Labute approximate surface area is 114 Å². The molecule has 2 heteroatoms. The Kier molecular flexibility index (Phi) is 3.36. The zero-order valence-corrected chi connectivity index (χ0v) is 11.1. The molecule has 1 aliphatic carbocycles. The third-order valence-electron chi connectivity index (χ3n) is 3.95. The molecule has 0 unspecified atom stereocenters. The number of nitrogens with one attached hydrogen (secondary N) is 1. The van der Waals surface area contributed by atoms with Crippen molar-refractivity contribution in [2.75, 3.05) is 6.61 Å². The van der Waals surface area contributed by atoms with Crippen LogP contribution in [0.5, 0.6) is 0 Å². The molecular formula is C17H19NO. The molecule has 0 heterocycles. The first-order valence-corrected chi connectivity index (χ1v) is 6.90. The summed E-state index contributed by atoms with van der Waals surface area (Å²) in [5.74, 6) is 0. The maximum Gasteiger partial charge on any atom is 0.0591 e. The van der Waals surface area contributed by atoms with E-state index in [4.69, 9.17) is 0 Å². The van der Waals surface area contributed by atoms with Crippen LogP contribution >= 0.6 is 0 Å². The van der Waals surface area contributed by atoms with Crippen LogP contribution in [0.1, 0.15) is 30.5 Å². The van der Waals surface area contributed by atoms with Gasteiger partial charge in [0.25, 0.3) is 0 Å². The van der Waals surface area contributed by atoms with E-state index < -0.39 is 0 Å². The van der Waals surface area contributed by atoms with Gasteiger partial charge in [-0.15, -0.1) is 0 Å². The van der Waals surface area contributed by atoms with Gasteiger partial charge in [0.05, 0.1) is 12.6 Å². The second-order valence-corrected chi connectivity index (χ2v) is 5.06. The summed E-state index contributed by atoms with van der Waals surface area (Å²) in [6.45, 7) is 2.28. The molecule has 1 aliphatic rings.